The van der Waals surface area contributed by atoms with Crippen LogP contribution in [0.15, 0.2) is 34.3 Å². The van der Waals surface area contributed by atoms with Gasteiger partial charge in [0.1, 0.15) is 0 Å². The summed E-state index contributed by atoms with van der Waals surface area (Å²) in [5.41, 5.74) is 1.87. The topological polar surface area (TPSA) is 20.2 Å². The molecule has 14 heavy (non-hydrogen) atoms. The Morgan fingerprint density at radius 1 is 1.43 bits per heavy atom. The second-order valence-electron chi connectivity index (χ2n) is 3.39. The largest absolute Gasteiger partial charge is 0.384 e. The molecule has 0 aliphatic heterocycles. The van der Waals surface area contributed by atoms with E-state index in [0.717, 1.165) is 15.6 Å². The lowest BCUT2D eigenvalue weighted by Crippen LogP contribution is -1.93. The van der Waals surface area contributed by atoms with Crippen LogP contribution in [-0.4, -0.2) is 5.11 Å². The monoisotopic (exact) mass is 274 g/mol. The predicted molar refractivity (Wildman–Crippen MR) is 63.5 cm³/mol. The standard InChI is InChI=1S/C11H12BrClO/c1-7(2)3-11(14)8-4-9(12)6-10(13)5-8/h3-6,11,14H,1-2H3. The third-order valence-electron chi connectivity index (χ3n) is 1.72. The van der Waals surface area contributed by atoms with Gasteiger partial charge in [0.2, 0.25) is 0 Å². The number of rotatable bonds is 2. The van der Waals surface area contributed by atoms with Crippen molar-refractivity contribution in [3.8, 4) is 0 Å². The van der Waals surface area contributed by atoms with Crippen LogP contribution >= 0.6 is 27.5 Å². The Balaban J connectivity index is 3.01. The average molecular weight is 276 g/mol. The maximum absolute atomic E-state index is 9.78. The minimum atomic E-state index is -0.588. The molecule has 0 spiro atoms. The van der Waals surface area contributed by atoms with Gasteiger partial charge < -0.3 is 5.11 Å². The van der Waals surface area contributed by atoms with Crippen molar-refractivity contribution in [3.05, 3.63) is 44.9 Å². The van der Waals surface area contributed by atoms with Crippen LogP contribution < -0.4 is 0 Å². The van der Waals surface area contributed by atoms with Crippen molar-refractivity contribution < 1.29 is 5.11 Å². The summed E-state index contributed by atoms with van der Waals surface area (Å²) in [6, 6.07) is 5.41. The van der Waals surface area contributed by atoms with Gasteiger partial charge in [0.05, 0.1) is 6.10 Å². The van der Waals surface area contributed by atoms with E-state index in [0.29, 0.717) is 5.02 Å². The average Bonchev–Trinajstić information content (AvgIpc) is 2.00. The maximum Gasteiger partial charge on any atom is 0.0975 e. The second kappa shape index (κ2) is 4.96. The van der Waals surface area contributed by atoms with Crippen LogP contribution in [0.5, 0.6) is 0 Å². The smallest absolute Gasteiger partial charge is 0.0975 e. The van der Waals surface area contributed by atoms with Crippen molar-refractivity contribution in [2.75, 3.05) is 0 Å². The Bertz CT molecular complexity index is 336. The number of hydrogen-bond donors (Lipinski definition) is 1. The number of aliphatic hydroxyl groups is 1. The number of aliphatic hydroxyl groups excluding tert-OH is 1. The molecule has 0 aromatic heterocycles. The molecule has 0 amide bonds. The second-order valence-corrected chi connectivity index (χ2v) is 4.74. The van der Waals surface area contributed by atoms with Gasteiger partial charge >= 0.3 is 0 Å². The van der Waals surface area contributed by atoms with Crippen molar-refractivity contribution in [3.63, 3.8) is 0 Å². The highest BCUT2D eigenvalue weighted by molar-refractivity contribution is 9.10. The zero-order valence-electron chi connectivity index (χ0n) is 8.09. The van der Waals surface area contributed by atoms with E-state index in [1.165, 1.54) is 0 Å². The van der Waals surface area contributed by atoms with Crippen LogP contribution in [0, 0.1) is 0 Å². The highest BCUT2D eigenvalue weighted by atomic mass is 79.9. The van der Waals surface area contributed by atoms with E-state index in [-0.39, 0.29) is 0 Å². The highest BCUT2D eigenvalue weighted by Gasteiger charge is 2.05. The van der Waals surface area contributed by atoms with Gasteiger partial charge in [-0.15, -0.1) is 0 Å². The Hall–Kier alpha value is -0.310. The normalized spacial score (nSPS) is 12.4. The van der Waals surface area contributed by atoms with Gasteiger partial charge in [-0.3, -0.25) is 0 Å². The van der Waals surface area contributed by atoms with E-state index in [2.05, 4.69) is 15.9 Å². The number of halogens is 2. The fourth-order valence-corrected chi connectivity index (χ4v) is 2.04. The molecule has 0 saturated heterocycles. The van der Waals surface area contributed by atoms with E-state index in [4.69, 9.17) is 11.6 Å². The molecule has 0 aliphatic rings. The Labute approximate surface area is 97.5 Å². The van der Waals surface area contributed by atoms with Crippen LogP contribution in [0.3, 0.4) is 0 Å². The first kappa shape index (κ1) is 11.8. The fourth-order valence-electron chi connectivity index (χ4n) is 1.16. The van der Waals surface area contributed by atoms with E-state index < -0.39 is 6.10 Å². The van der Waals surface area contributed by atoms with Crippen LogP contribution in [-0.2, 0) is 0 Å². The minimum Gasteiger partial charge on any atom is -0.384 e. The molecule has 1 atom stereocenters. The van der Waals surface area contributed by atoms with E-state index in [1.54, 1.807) is 18.2 Å². The SMILES string of the molecule is CC(C)=CC(O)c1cc(Cl)cc(Br)c1. The minimum absolute atomic E-state index is 0.588. The molecule has 76 valence electrons. The molecular weight excluding hydrogens is 263 g/mol. The first-order valence-electron chi connectivity index (χ1n) is 4.28. The molecule has 0 saturated carbocycles. The summed E-state index contributed by atoms with van der Waals surface area (Å²) in [6.07, 6.45) is 1.20. The number of benzene rings is 1. The molecule has 0 aliphatic carbocycles. The lowest BCUT2D eigenvalue weighted by Gasteiger charge is -2.08. The van der Waals surface area contributed by atoms with Gasteiger partial charge in [-0.25, -0.2) is 0 Å². The van der Waals surface area contributed by atoms with E-state index >= 15 is 0 Å². The van der Waals surface area contributed by atoms with Crippen molar-refractivity contribution >= 4 is 27.5 Å². The molecule has 0 heterocycles. The summed E-state index contributed by atoms with van der Waals surface area (Å²) < 4.78 is 0.876. The van der Waals surface area contributed by atoms with Crippen LogP contribution in [0.2, 0.25) is 5.02 Å². The summed E-state index contributed by atoms with van der Waals surface area (Å²) >= 11 is 9.20. The maximum atomic E-state index is 9.78. The molecule has 0 radical (unpaired) electrons. The van der Waals surface area contributed by atoms with Gasteiger partial charge in [-0.05, 0) is 37.6 Å². The fraction of sp³-hybridized carbons (Fsp3) is 0.273. The molecule has 1 aromatic carbocycles. The molecule has 0 fully saturated rings. The lowest BCUT2D eigenvalue weighted by atomic mass is 10.1. The quantitative estimate of drug-likeness (QED) is 0.806. The highest BCUT2D eigenvalue weighted by Crippen LogP contribution is 2.24. The van der Waals surface area contributed by atoms with Gasteiger partial charge in [0.15, 0.2) is 0 Å². The van der Waals surface area contributed by atoms with E-state index in [9.17, 15) is 5.11 Å². The Kier molecular flexibility index (Phi) is 4.17. The molecule has 1 aromatic rings. The first-order chi connectivity index (χ1) is 6.49. The van der Waals surface area contributed by atoms with Crippen molar-refractivity contribution in [2.24, 2.45) is 0 Å². The zero-order chi connectivity index (χ0) is 10.7. The van der Waals surface area contributed by atoms with E-state index in [1.807, 2.05) is 19.9 Å². The molecule has 0 bridgehead atoms. The molecule has 1 nitrogen and oxygen atoms in total. The third kappa shape index (κ3) is 3.45. The number of hydrogen-bond acceptors (Lipinski definition) is 1. The van der Waals surface area contributed by atoms with Crippen molar-refractivity contribution in [1.82, 2.24) is 0 Å². The van der Waals surface area contributed by atoms with Gasteiger partial charge in [-0.1, -0.05) is 39.2 Å². The van der Waals surface area contributed by atoms with Gasteiger partial charge in [-0.2, -0.15) is 0 Å². The predicted octanol–water partition coefficient (Wildman–Crippen LogP) is 4.10. The lowest BCUT2D eigenvalue weighted by molar-refractivity contribution is 0.227. The van der Waals surface area contributed by atoms with Gasteiger partial charge in [0.25, 0.3) is 0 Å². The van der Waals surface area contributed by atoms with Gasteiger partial charge in [0, 0.05) is 9.50 Å². The third-order valence-corrected chi connectivity index (χ3v) is 2.39. The van der Waals surface area contributed by atoms with Crippen LogP contribution in [0.1, 0.15) is 25.5 Å². The Morgan fingerprint density at radius 2 is 2.07 bits per heavy atom. The molecule has 1 unspecified atom stereocenters. The molecule has 3 heteroatoms. The molecular formula is C11H12BrClO. The zero-order valence-corrected chi connectivity index (χ0v) is 10.4. The summed E-state index contributed by atoms with van der Waals surface area (Å²) in [5.74, 6) is 0. The molecule has 1 N–H and O–H groups in total. The number of allylic oxidation sites excluding steroid dienone is 1. The first-order valence-corrected chi connectivity index (χ1v) is 5.45. The summed E-state index contributed by atoms with van der Waals surface area (Å²) in [7, 11) is 0. The van der Waals surface area contributed by atoms with Crippen LogP contribution in [0.25, 0.3) is 0 Å². The summed E-state index contributed by atoms with van der Waals surface area (Å²) in [6.45, 7) is 3.89. The summed E-state index contributed by atoms with van der Waals surface area (Å²) in [5, 5.41) is 10.4. The summed E-state index contributed by atoms with van der Waals surface area (Å²) in [4.78, 5) is 0. The molecule has 1 rings (SSSR count). The van der Waals surface area contributed by atoms with Crippen molar-refractivity contribution in [1.29, 1.82) is 0 Å². The van der Waals surface area contributed by atoms with Crippen molar-refractivity contribution in [2.45, 2.75) is 20.0 Å². The van der Waals surface area contributed by atoms with Crippen LogP contribution in [0.4, 0.5) is 0 Å². The Morgan fingerprint density at radius 3 is 2.57 bits per heavy atom.